The fourth-order valence-corrected chi connectivity index (χ4v) is 1.71. The van der Waals surface area contributed by atoms with Crippen molar-refractivity contribution in [2.45, 2.75) is 45.1 Å². The van der Waals surface area contributed by atoms with Gasteiger partial charge in [-0.05, 0) is 19.3 Å². The molecule has 0 bridgehead atoms. The third-order valence-electron chi connectivity index (χ3n) is 2.41. The average Bonchev–Trinajstić information content (AvgIpc) is 2.05. The van der Waals surface area contributed by atoms with Crippen molar-refractivity contribution in [1.82, 2.24) is 5.01 Å². The first-order valence-electron chi connectivity index (χ1n) is 4.79. The smallest absolute Gasteiger partial charge is 0.151 e. The number of rotatable bonds is 3. The first kappa shape index (κ1) is 9.68. The highest BCUT2D eigenvalue weighted by molar-refractivity contribution is 5.83. The number of ketones is 1. The second-order valence-corrected chi connectivity index (χ2v) is 3.47. The summed E-state index contributed by atoms with van der Waals surface area (Å²) in [6.07, 6.45) is 4.84. The van der Waals surface area contributed by atoms with E-state index < -0.39 is 0 Å². The van der Waals surface area contributed by atoms with E-state index in [2.05, 4.69) is 0 Å². The summed E-state index contributed by atoms with van der Waals surface area (Å²) in [6.45, 7) is 2.90. The van der Waals surface area contributed by atoms with E-state index in [0.717, 1.165) is 32.2 Å². The van der Waals surface area contributed by atoms with Crippen LogP contribution in [0.1, 0.15) is 39.0 Å². The maximum atomic E-state index is 11.5. The summed E-state index contributed by atoms with van der Waals surface area (Å²) in [6, 6.07) is 0.0127. The number of hydrazine groups is 1. The molecule has 1 heterocycles. The molecule has 0 saturated carbocycles. The van der Waals surface area contributed by atoms with Gasteiger partial charge in [-0.3, -0.25) is 10.6 Å². The molecule has 1 rings (SSSR count). The van der Waals surface area contributed by atoms with Crippen molar-refractivity contribution in [2.24, 2.45) is 5.84 Å². The molecule has 0 aliphatic carbocycles. The van der Waals surface area contributed by atoms with E-state index in [1.165, 1.54) is 0 Å². The Hall–Kier alpha value is -0.410. The van der Waals surface area contributed by atoms with Crippen molar-refractivity contribution in [3.63, 3.8) is 0 Å². The number of Topliss-reactive ketones (excluding diaryl/α,β-unsaturated/α-hetero) is 1. The predicted molar refractivity (Wildman–Crippen MR) is 48.4 cm³/mol. The molecule has 0 aromatic heterocycles. The molecular weight excluding hydrogens is 152 g/mol. The van der Waals surface area contributed by atoms with Crippen LogP contribution in [0, 0.1) is 0 Å². The van der Waals surface area contributed by atoms with E-state index in [-0.39, 0.29) is 6.04 Å². The molecule has 0 amide bonds. The Bertz CT molecular complexity index is 159. The summed E-state index contributed by atoms with van der Waals surface area (Å²) in [5.41, 5.74) is 0. The second-order valence-electron chi connectivity index (χ2n) is 3.47. The largest absolute Gasteiger partial charge is 0.298 e. The highest BCUT2D eigenvalue weighted by Gasteiger charge is 2.25. The first-order chi connectivity index (χ1) is 5.75. The van der Waals surface area contributed by atoms with Gasteiger partial charge < -0.3 is 0 Å². The van der Waals surface area contributed by atoms with Crippen molar-refractivity contribution < 1.29 is 4.79 Å². The number of nitrogens with zero attached hydrogens (tertiary/aromatic N) is 1. The normalized spacial score (nSPS) is 25.7. The van der Waals surface area contributed by atoms with Crippen molar-refractivity contribution >= 4 is 5.78 Å². The Morgan fingerprint density at radius 1 is 1.58 bits per heavy atom. The molecule has 1 unspecified atom stereocenters. The van der Waals surface area contributed by atoms with Crippen LogP contribution in [0.3, 0.4) is 0 Å². The van der Waals surface area contributed by atoms with Gasteiger partial charge in [0.15, 0.2) is 5.78 Å². The third kappa shape index (κ3) is 2.29. The lowest BCUT2D eigenvalue weighted by molar-refractivity contribution is -0.125. The molecule has 3 heteroatoms. The maximum absolute atomic E-state index is 11.5. The second kappa shape index (κ2) is 4.58. The maximum Gasteiger partial charge on any atom is 0.151 e. The molecule has 2 N–H and O–H groups in total. The molecule has 0 spiro atoms. The minimum atomic E-state index is 0.0127. The molecule has 70 valence electrons. The number of carbonyl (C=O) groups is 1. The molecule has 0 aromatic carbocycles. The van der Waals surface area contributed by atoms with E-state index in [1.807, 2.05) is 6.92 Å². The van der Waals surface area contributed by atoms with Crippen LogP contribution in [0.2, 0.25) is 0 Å². The molecule has 1 aliphatic rings. The minimum absolute atomic E-state index is 0.0127. The van der Waals surface area contributed by atoms with E-state index in [4.69, 9.17) is 5.84 Å². The molecule has 3 nitrogen and oxygen atoms in total. The summed E-state index contributed by atoms with van der Waals surface area (Å²) in [5.74, 6) is 6.04. The fourth-order valence-electron chi connectivity index (χ4n) is 1.71. The van der Waals surface area contributed by atoms with Gasteiger partial charge in [-0.25, -0.2) is 5.01 Å². The Labute approximate surface area is 73.9 Å². The lowest BCUT2D eigenvalue weighted by Crippen LogP contribution is -2.48. The SMILES string of the molecule is CCCC(=O)C1CCCCN1N. The molecule has 0 aromatic rings. The predicted octanol–water partition coefficient (Wildman–Crippen LogP) is 1.08. The van der Waals surface area contributed by atoms with Crippen LogP contribution in [-0.2, 0) is 4.79 Å². The van der Waals surface area contributed by atoms with Crippen LogP contribution < -0.4 is 5.84 Å². The van der Waals surface area contributed by atoms with Crippen molar-refractivity contribution in [3.8, 4) is 0 Å². The summed E-state index contributed by atoms with van der Waals surface area (Å²) in [7, 11) is 0. The minimum Gasteiger partial charge on any atom is -0.298 e. The molecular formula is C9H18N2O. The number of hydrogen-bond acceptors (Lipinski definition) is 3. The van der Waals surface area contributed by atoms with Gasteiger partial charge in [0, 0.05) is 13.0 Å². The van der Waals surface area contributed by atoms with E-state index in [0.29, 0.717) is 12.2 Å². The van der Waals surface area contributed by atoms with Gasteiger partial charge in [0.25, 0.3) is 0 Å². The zero-order chi connectivity index (χ0) is 8.97. The highest BCUT2D eigenvalue weighted by atomic mass is 16.1. The highest BCUT2D eigenvalue weighted by Crippen LogP contribution is 2.15. The van der Waals surface area contributed by atoms with Crippen molar-refractivity contribution in [3.05, 3.63) is 0 Å². The molecule has 1 aliphatic heterocycles. The molecule has 1 atom stereocenters. The number of piperidine rings is 1. The third-order valence-corrected chi connectivity index (χ3v) is 2.41. The first-order valence-corrected chi connectivity index (χ1v) is 4.79. The Kier molecular flexibility index (Phi) is 3.69. The van der Waals surface area contributed by atoms with Crippen LogP contribution in [0.5, 0.6) is 0 Å². The summed E-state index contributed by atoms with van der Waals surface area (Å²) in [5, 5.41) is 1.71. The Balaban J connectivity index is 2.42. The Morgan fingerprint density at radius 2 is 2.33 bits per heavy atom. The summed E-state index contributed by atoms with van der Waals surface area (Å²) < 4.78 is 0. The van der Waals surface area contributed by atoms with Gasteiger partial charge >= 0.3 is 0 Å². The lowest BCUT2D eigenvalue weighted by atomic mass is 9.98. The molecule has 0 radical (unpaired) electrons. The molecule has 12 heavy (non-hydrogen) atoms. The van der Waals surface area contributed by atoms with E-state index in [1.54, 1.807) is 5.01 Å². The van der Waals surface area contributed by atoms with Crippen LogP contribution >= 0.6 is 0 Å². The number of hydrogen-bond donors (Lipinski definition) is 1. The average molecular weight is 170 g/mol. The zero-order valence-electron chi connectivity index (χ0n) is 7.75. The van der Waals surface area contributed by atoms with E-state index >= 15 is 0 Å². The van der Waals surface area contributed by atoms with Gasteiger partial charge in [0.2, 0.25) is 0 Å². The van der Waals surface area contributed by atoms with Gasteiger partial charge in [-0.15, -0.1) is 0 Å². The summed E-state index contributed by atoms with van der Waals surface area (Å²) >= 11 is 0. The quantitative estimate of drug-likeness (QED) is 0.645. The topological polar surface area (TPSA) is 46.3 Å². The van der Waals surface area contributed by atoms with Crippen molar-refractivity contribution in [2.75, 3.05) is 6.54 Å². The zero-order valence-corrected chi connectivity index (χ0v) is 7.75. The number of carbonyl (C=O) groups excluding carboxylic acids is 1. The monoisotopic (exact) mass is 170 g/mol. The summed E-state index contributed by atoms with van der Waals surface area (Å²) in [4.78, 5) is 11.5. The van der Waals surface area contributed by atoms with Crippen LogP contribution in [-0.4, -0.2) is 23.4 Å². The lowest BCUT2D eigenvalue weighted by Gasteiger charge is -2.30. The van der Waals surface area contributed by atoms with Gasteiger partial charge in [-0.1, -0.05) is 13.3 Å². The van der Waals surface area contributed by atoms with Crippen LogP contribution in [0.4, 0.5) is 0 Å². The van der Waals surface area contributed by atoms with Gasteiger partial charge in [0.05, 0.1) is 6.04 Å². The standard InChI is InChI=1S/C9H18N2O/c1-2-5-9(12)8-6-3-4-7-11(8)10/h8H,2-7,10H2,1H3. The van der Waals surface area contributed by atoms with E-state index in [9.17, 15) is 4.79 Å². The number of nitrogens with two attached hydrogens (primary N) is 1. The molecule has 1 fully saturated rings. The van der Waals surface area contributed by atoms with Gasteiger partial charge in [-0.2, -0.15) is 0 Å². The Morgan fingerprint density at radius 3 is 2.92 bits per heavy atom. The van der Waals surface area contributed by atoms with Crippen LogP contribution in [0.15, 0.2) is 0 Å². The molecule has 1 saturated heterocycles. The van der Waals surface area contributed by atoms with Crippen molar-refractivity contribution in [1.29, 1.82) is 0 Å². The van der Waals surface area contributed by atoms with Gasteiger partial charge in [0.1, 0.15) is 0 Å². The van der Waals surface area contributed by atoms with Crippen LogP contribution in [0.25, 0.3) is 0 Å². The fraction of sp³-hybridized carbons (Fsp3) is 0.889.